The van der Waals surface area contributed by atoms with E-state index in [1.54, 1.807) is 0 Å². The summed E-state index contributed by atoms with van der Waals surface area (Å²) in [6.45, 7) is 1.43. The Kier molecular flexibility index (Phi) is 6.43. The number of aromatic nitrogens is 2. The zero-order chi connectivity index (χ0) is 23.6. The van der Waals surface area contributed by atoms with Crippen molar-refractivity contribution >= 4 is 11.8 Å². The van der Waals surface area contributed by atoms with E-state index in [-0.39, 0.29) is 12.1 Å². The fourth-order valence-electron chi connectivity index (χ4n) is 4.19. The van der Waals surface area contributed by atoms with Crippen molar-refractivity contribution in [3.8, 4) is 5.75 Å². The first-order valence-corrected chi connectivity index (χ1v) is 10.7. The summed E-state index contributed by atoms with van der Waals surface area (Å²) in [5.74, 6) is -2.37. The SMILES string of the molecule is CNC(=O)c1cc(F)ccc1CNC(=O)c1nc2n(c(=O)c1O)CCCOC21CCOCC1. The quantitative estimate of drug-likeness (QED) is 0.615. The van der Waals surface area contributed by atoms with Crippen LogP contribution in [0.1, 0.15) is 51.5 Å². The Balaban J connectivity index is 1.66. The second kappa shape index (κ2) is 9.28. The number of carbonyl (C=O) groups excluding carboxylic acids is 2. The van der Waals surface area contributed by atoms with E-state index in [1.807, 2.05) is 0 Å². The van der Waals surface area contributed by atoms with Crippen molar-refractivity contribution in [1.82, 2.24) is 20.2 Å². The third-order valence-electron chi connectivity index (χ3n) is 5.96. The van der Waals surface area contributed by atoms with E-state index in [2.05, 4.69) is 15.6 Å². The Morgan fingerprint density at radius 2 is 2.00 bits per heavy atom. The largest absolute Gasteiger partial charge is 0.501 e. The van der Waals surface area contributed by atoms with Crippen molar-refractivity contribution in [1.29, 1.82) is 0 Å². The molecule has 33 heavy (non-hydrogen) atoms. The summed E-state index contributed by atoms with van der Waals surface area (Å²) >= 11 is 0. The van der Waals surface area contributed by atoms with Crippen LogP contribution in [-0.2, 0) is 28.2 Å². The minimum absolute atomic E-state index is 0.0616. The van der Waals surface area contributed by atoms with Crippen LogP contribution >= 0.6 is 0 Å². The number of rotatable bonds is 4. The van der Waals surface area contributed by atoms with E-state index < -0.39 is 40.2 Å². The van der Waals surface area contributed by atoms with Gasteiger partial charge in [0.1, 0.15) is 17.2 Å². The number of hydrogen-bond donors (Lipinski definition) is 3. The molecular weight excluding hydrogens is 435 g/mol. The zero-order valence-corrected chi connectivity index (χ0v) is 18.1. The van der Waals surface area contributed by atoms with Gasteiger partial charge in [0.05, 0.1) is 0 Å². The van der Waals surface area contributed by atoms with Gasteiger partial charge in [-0.25, -0.2) is 9.37 Å². The van der Waals surface area contributed by atoms with Crippen molar-refractivity contribution in [3.63, 3.8) is 0 Å². The van der Waals surface area contributed by atoms with Crippen LogP contribution in [0.2, 0.25) is 0 Å². The predicted octanol–water partition coefficient (Wildman–Crippen LogP) is 0.804. The number of ether oxygens (including phenoxy) is 2. The van der Waals surface area contributed by atoms with Gasteiger partial charge in [-0.2, -0.15) is 0 Å². The van der Waals surface area contributed by atoms with E-state index in [0.717, 1.165) is 6.07 Å². The van der Waals surface area contributed by atoms with Gasteiger partial charge in [0.15, 0.2) is 5.69 Å². The van der Waals surface area contributed by atoms with Gasteiger partial charge >= 0.3 is 0 Å². The molecule has 0 bridgehead atoms. The van der Waals surface area contributed by atoms with Gasteiger partial charge in [-0.1, -0.05) is 6.07 Å². The first-order chi connectivity index (χ1) is 15.9. The number of amides is 2. The Morgan fingerprint density at radius 3 is 2.73 bits per heavy atom. The molecule has 1 spiro atoms. The molecule has 1 saturated heterocycles. The van der Waals surface area contributed by atoms with Gasteiger partial charge in [0, 0.05) is 58.4 Å². The van der Waals surface area contributed by atoms with Crippen LogP contribution in [-0.4, -0.2) is 53.3 Å². The summed E-state index contributed by atoms with van der Waals surface area (Å²) in [6.07, 6.45) is 1.50. The topological polar surface area (TPSA) is 132 Å². The highest BCUT2D eigenvalue weighted by molar-refractivity contribution is 5.96. The van der Waals surface area contributed by atoms with Crippen LogP contribution in [0, 0.1) is 5.82 Å². The molecule has 2 aliphatic heterocycles. The average Bonchev–Trinajstić information content (AvgIpc) is 2.99. The Labute approximate surface area is 188 Å². The van der Waals surface area contributed by atoms with Crippen molar-refractivity contribution in [3.05, 3.63) is 57.0 Å². The molecule has 0 radical (unpaired) electrons. The fraction of sp³-hybridized carbons (Fsp3) is 0.455. The molecule has 3 N–H and O–H groups in total. The Hall–Kier alpha value is -3.31. The Morgan fingerprint density at radius 1 is 1.24 bits per heavy atom. The summed E-state index contributed by atoms with van der Waals surface area (Å²) in [6, 6.07) is 3.62. The lowest BCUT2D eigenvalue weighted by molar-refractivity contribution is -0.118. The third kappa shape index (κ3) is 4.33. The third-order valence-corrected chi connectivity index (χ3v) is 5.96. The summed E-state index contributed by atoms with van der Waals surface area (Å²) in [5, 5.41) is 15.5. The number of fused-ring (bicyclic) bond motifs is 2. The van der Waals surface area contributed by atoms with E-state index in [1.165, 1.54) is 23.7 Å². The van der Waals surface area contributed by atoms with Crippen molar-refractivity contribution in [2.75, 3.05) is 26.9 Å². The summed E-state index contributed by atoms with van der Waals surface area (Å²) in [7, 11) is 1.41. The van der Waals surface area contributed by atoms with Crippen LogP contribution in [0.25, 0.3) is 0 Å². The standard InChI is InChI=1S/C22H25FN4O6/c1-24-18(29)15-11-14(23)4-3-13(15)12-25-19(30)16-17(28)20(31)27-7-2-8-33-22(21(27)26-16)5-9-32-10-6-22/h3-4,11,28H,2,5-10,12H2,1H3,(H,24,29)(H,25,30). The maximum absolute atomic E-state index is 13.6. The first kappa shape index (κ1) is 22.9. The maximum atomic E-state index is 13.6. The highest BCUT2D eigenvalue weighted by Gasteiger charge is 2.42. The smallest absolute Gasteiger partial charge is 0.296 e. The number of hydrogen-bond acceptors (Lipinski definition) is 7. The van der Waals surface area contributed by atoms with Gasteiger partial charge in [-0.15, -0.1) is 0 Å². The molecule has 2 aliphatic rings. The maximum Gasteiger partial charge on any atom is 0.296 e. The predicted molar refractivity (Wildman–Crippen MR) is 113 cm³/mol. The van der Waals surface area contributed by atoms with Gasteiger partial charge in [-0.05, 0) is 24.1 Å². The van der Waals surface area contributed by atoms with Crippen LogP contribution in [0.15, 0.2) is 23.0 Å². The molecule has 11 heteroatoms. The molecule has 176 valence electrons. The average molecular weight is 460 g/mol. The molecule has 1 aromatic carbocycles. The van der Waals surface area contributed by atoms with Crippen LogP contribution in [0.5, 0.6) is 5.75 Å². The van der Waals surface area contributed by atoms with Crippen LogP contribution in [0.4, 0.5) is 4.39 Å². The summed E-state index contributed by atoms with van der Waals surface area (Å²) in [5.41, 5.74) is -1.59. The summed E-state index contributed by atoms with van der Waals surface area (Å²) < 4.78 is 26.5. The number of halogens is 1. The second-order valence-electron chi connectivity index (χ2n) is 7.96. The molecule has 0 aliphatic carbocycles. The highest BCUT2D eigenvalue weighted by atomic mass is 19.1. The molecule has 4 rings (SSSR count). The van der Waals surface area contributed by atoms with Gasteiger partial charge in [-0.3, -0.25) is 19.0 Å². The molecule has 0 unspecified atom stereocenters. The Bertz CT molecular complexity index is 1140. The lowest BCUT2D eigenvalue weighted by Gasteiger charge is -2.36. The van der Waals surface area contributed by atoms with Gasteiger partial charge < -0.3 is 25.2 Å². The molecule has 0 atom stereocenters. The normalized spacial score (nSPS) is 17.2. The first-order valence-electron chi connectivity index (χ1n) is 10.7. The van der Waals surface area contributed by atoms with Crippen molar-refractivity contribution in [2.45, 2.75) is 38.0 Å². The minimum Gasteiger partial charge on any atom is -0.501 e. The van der Waals surface area contributed by atoms with Gasteiger partial charge in [0.2, 0.25) is 5.75 Å². The lowest BCUT2D eigenvalue weighted by atomic mass is 9.92. The van der Waals surface area contributed by atoms with Crippen LogP contribution < -0.4 is 16.2 Å². The van der Waals surface area contributed by atoms with Gasteiger partial charge in [0.25, 0.3) is 17.4 Å². The molecule has 1 aromatic heterocycles. The highest BCUT2D eigenvalue weighted by Crippen LogP contribution is 2.37. The molecule has 0 saturated carbocycles. The number of carbonyl (C=O) groups is 2. The molecule has 10 nitrogen and oxygen atoms in total. The van der Waals surface area contributed by atoms with E-state index >= 15 is 0 Å². The fourth-order valence-corrected chi connectivity index (χ4v) is 4.19. The molecule has 1 fully saturated rings. The van der Waals surface area contributed by atoms with Crippen LogP contribution in [0.3, 0.4) is 0 Å². The molecule has 2 aromatic rings. The van der Waals surface area contributed by atoms with Crippen molar-refractivity contribution < 1.29 is 28.6 Å². The van der Waals surface area contributed by atoms with E-state index in [4.69, 9.17) is 9.47 Å². The molecule has 3 heterocycles. The zero-order valence-electron chi connectivity index (χ0n) is 18.1. The number of nitrogens with one attached hydrogen (secondary N) is 2. The number of benzene rings is 1. The number of nitrogens with zero attached hydrogens (tertiary/aromatic N) is 2. The van der Waals surface area contributed by atoms with E-state index in [9.17, 15) is 23.9 Å². The molecule has 2 amide bonds. The monoisotopic (exact) mass is 460 g/mol. The molecular formula is C22H25FN4O6. The second-order valence-corrected chi connectivity index (χ2v) is 7.96. The van der Waals surface area contributed by atoms with Crippen molar-refractivity contribution in [2.24, 2.45) is 0 Å². The minimum atomic E-state index is -0.875. The number of aromatic hydroxyl groups is 1. The lowest BCUT2D eigenvalue weighted by Crippen LogP contribution is -2.42. The van der Waals surface area contributed by atoms with E-state index in [0.29, 0.717) is 57.0 Å². The summed E-state index contributed by atoms with van der Waals surface area (Å²) in [4.78, 5) is 42.3.